The summed E-state index contributed by atoms with van der Waals surface area (Å²) in [4.78, 5) is 28.8. The standard InChI is InChI=1S/C19H27N3O4/c1-25-17-5-3-2-4-15(17)16-14-20-8-9-22(16)19(24)7-6-18(23)21-10-12-26-13-11-21/h2-5,16,20H,6-14H2,1H3. The zero-order valence-electron chi connectivity index (χ0n) is 15.3. The molecule has 1 aromatic rings. The van der Waals surface area contributed by atoms with E-state index in [2.05, 4.69) is 5.32 Å². The number of morpholine rings is 1. The minimum absolute atomic E-state index is 0.0176. The summed E-state index contributed by atoms with van der Waals surface area (Å²) < 4.78 is 10.7. The number of hydrogen-bond acceptors (Lipinski definition) is 5. The first-order valence-corrected chi connectivity index (χ1v) is 9.19. The zero-order chi connectivity index (χ0) is 18.4. The van der Waals surface area contributed by atoms with Crippen LogP contribution < -0.4 is 10.1 Å². The lowest BCUT2D eigenvalue weighted by molar-refractivity contribution is -0.140. The molecule has 0 aromatic heterocycles. The molecule has 2 aliphatic heterocycles. The maximum absolute atomic E-state index is 12.8. The summed E-state index contributed by atoms with van der Waals surface area (Å²) in [6, 6.07) is 7.71. The number of benzene rings is 1. The molecule has 7 heteroatoms. The van der Waals surface area contributed by atoms with E-state index in [0.29, 0.717) is 39.4 Å². The van der Waals surface area contributed by atoms with Crippen LogP contribution in [0.5, 0.6) is 5.75 Å². The molecule has 7 nitrogen and oxygen atoms in total. The number of ether oxygens (including phenoxy) is 2. The molecule has 1 aromatic carbocycles. The number of methoxy groups -OCH3 is 1. The fourth-order valence-electron chi connectivity index (χ4n) is 3.55. The summed E-state index contributed by atoms with van der Waals surface area (Å²) in [5, 5.41) is 3.35. The van der Waals surface area contributed by atoms with E-state index < -0.39 is 0 Å². The van der Waals surface area contributed by atoms with Crippen LogP contribution in [0.1, 0.15) is 24.4 Å². The van der Waals surface area contributed by atoms with Crippen molar-refractivity contribution in [3.63, 3.8) is 0 Å². The molecule has 0 bridgehead atoms. The number of piperazine rings is 1. The maximum Gasteiger partial charge on any atom is 0.223 e. The minimum Gasteiger partial charge on any atom is -0.496 e. The van der Waals surface area contributed by atoms with Crippen molar-refractivity contribution < 1.29 is 19.1 Å². The van der Waals surface area contributed by atoms with Crippen molar-refractivity contribution in [2.45, 2.75) is 18.9 Å². The van der Waals surface area contributed by atoms with E-state index in [1.165, 1.54) is 0 Å². The van der Waals surface area contributed by atoms with E-state index in [9.17, 15) is 9.59 Å². The van der Waals surface area contributed by atoms with Gasteiger partial charge in [0.1, 0.15) is 5.75 Å². The third-order valence-electron chi connectivity index (χ3n) is 4.98. The normalized spacial score (nSPS) is 20.7. The Morgan fingerprint density at radius 3 is 2.65 bits per heavy atom. The van der Waals surface area contributed by atoms with Crippen LogP contribution in [0.25, 0.3) is 0 Å². The van der Waals surface area contributed by atoms with E-state index >= 15 is 0 Å². The molecule has 0 saturated carbocycles. The predicted octanol–water partition coefficient (Wildman–Crippen LogP) is 0.807. The Hall–Kier alpha value is -2.12. The van der Waals surface area contributed by atoms with Crippen LogP contribution in [0.15, 0.2) is 24.3 Å². The number of nitrogens with zero attached hydrogens (tertiary/aromatic N) is 2. The van der Waals surface area contributed by atoms with Gasteiger partial charge >= 0.3 is 0 Å². The Morgan fingerprint density at radius 2 is 1.88 bits per heavy atom. The summed E-state index contributed by atoms with van der Waals surface area (Å²) in [6.45, 7) is 4.46. The fraction of sp³-hybridized carbons (Fsp3) is 0.579. The predicted molar refractivity (Wildman–Crippen MR) is 97.0 cm³/mol. The highest BCUT2D eigenvalue weighted by atomic mass is 16.5. The molecule has 0 spiro atoms. The number of carbonyl (C=O) groups excluding carboxylic acids is 2. The lowest BCUT2D eigenvalue weighted by Gasteiger charge is -2.37. The van der Waals surface area contributed by atoms with E-state index in [4.69, 9.17) is 9.47 Å². The molecular formula is C19H27N3O4. The zero-order valence-corrected chi connectivity index (χ0v) is 15.3. The number of hydrogen-bond donors (Lipinski definition) is 1. The van der Waals surface area contributed by atoms with Crippen LogP contribution in [0, 0.1) is 0 Å². The summed E-state index contributed by atoms with van der Waals surface area (Å²) in [5.41, 5.74) is 0.995. The number of rotatable bonds is 5. The Balaban J connectivity index is 1.63. The smallest absolute Gasteiger partial charge is 0.223 e. The van der Waals surface area contributed by atoms with Gasteiger partial charge in [-0.05, 0) is 6.07 Å². The molecule has 2 heterocycles. The van der Waals surface area contributed by atoms with Crippen LogP contribution in [-0.4, -0.2) is 74.7 Å². The lowest BCUT2D eigenvalue weighted by Crippen LogP contribution is -2.49. The lowest BCUT2D eigenvalue weighted by atomic mass is 10.0. The Labute approximate surface area is 154 Å². The molecule has 2 fully saturated rings. The summed E-state index contributed by atoms with van der Waals surface area (Å²) in [5.74, 6) is 0.832. The molecule has 0 aliphatic carbocycles. The van der Waals surface area contributed by atoms with Crippen molar-refractivity contribution in [3.8, 4) is 5.75 Å². The van der Waals surface area contributed by atoms with E-state index in [0.717, 1.165) is 17.9 Å². The van der Waals surface area contributed by atoms with E-state index in [1.54, 1.807) is 12.0 Å². The van der Waals surface area contributed by atoms with Gasteiger partial charge in [-0.15, -0.1) is 0 Å². The van der Waals surface area contributed by atoms with Crippen molar-refractivity contribution in [3.05, 3.63) is 29.8 Å². The highest BCUT2D eigenvalue weighted by Crippen LogP contribution is 2.30. The highest BCUT2D eigenvalue weighted by Gasteiger charge is 2.30. The third-order valence-corrected chi connectivity index (χ3v) is 4.98. The van der Waals surface area contributed by atoms with Crippen LogP contribution in [0.3, 0.4) is 0 Å². The monoisotopic (exact) mass is 361 g/mol. The van der Waals surface area contributed by atoms with Gasteiger partial charge in [-0.2, -0.15) is 0 Å². The van der Waals surface area contributed by atoms with Crippen molar-refractivity contribution in [2.24, 2.45) is 0 Å². The maximum atomic E-state index is 12.8. The largest absolute Gasteiger partial charge is 0.496 e. The highest BCUT2D eigenvalue weighted by molar-refractivity contribution is 5.84. The van der Waals surface area contributed by atoms with Gasteiger partial charge in [-0.1, -0.05) is 18.2 Å². The second-order valence-electron chi connectivity index (χ2n) is 6.54. The van der Waals surface area contributed by atoms with Gasteiger partial charge in [-0.25, -0.2) is 0 Å². The number of carbonyl (C=O) groups is 2. The third kappa shape index (κ3) is 4.34. The number of nitrogens with one attached hydrogen (secondary N) is 1. The molecule has 1 unspecified atom stereocenters. The molecule has 1 N–H and O–H groups in total. The topological polar surface area (TPSA) is 71.1 Å². The molecule has 142 valence electrons. The van der Waals surface area contributed by atoms with E-state index in [-0.39, 0.29) is 30.7 Å². The summed E-state index contributed by atoms with van der Waals surface area (Å²) in [7, 11) is 1.64. The van der Waals surface area contributed by atoms with Gasteiger partial charge in [-0.3, -0.25) is 9.59 Å². The first kappa shape index (κ1) is 18.7. The van der Waals surface area contributed by atoms with Gasteiger partial charge in [0.15, 0.2) is 0 Å². The van der Waals surface area contributed by atoms with Gasteiger partial charge in [0.05, 0.1) is 26.4 Å². The number of para-hydroxylation sites is 1. The van der Waals surface area contributed by atoms with Crippen molar-refractivity contribution in [1.82, 2.24) is 15.1 Å². The van der Waals surface area contributed by atoms with E-state index in [1.807, 2.05) is 29.2 Å². The molecule has 2 saturated heterocycles. The van der Waals surface area contributed by atoms with Gasteiger partial charge in [0.25, 0.3) is 0 Å². The summed E-state index contributed by atoms with van der Waals surface area (Å²) in [6.07, 6.45) is 0.489. The van der Waals surface area contributed by atoms with Crippen LogP contribution >= 0.6 is 0 Å². The second kappa shape index (κ2) is 9.00. The molecule has 0 radical (unpaired) electrons. The number of amides is 2. The van der Waals surface area contributed by atoms with Crippen molar-refractivity contribution >= 4 is 11.8 Å². The summed E-state index contributed by atoms with van der Waals surface area (Å²) >= 11 is 0. The molecule has 1 atom stereocenters. The molecule has 2 aliphatic rings. The first-order valence-electron chi connectivity index (χ1n) is 9.19. The minimum atomic E-state index is -0.0779. The quantitative estimate of drug-likeness (QED) is 0.840. The van der Waals surface area contributed by atoms with Crippen LogP contribution in [-0.2, 0) is 14.3 Å². The SMILES string of the molecule is COc1ccccc1C1CNCCN1C(=O)CCC(=O)N1CCOCC1. The Bertz CT molecular complexity index is 631. The van der Waals surface area contributed by atoms with Gasteiger partial charge in [0.2, 0.25) is 11.8 Å². The van der Waals surface area contributed by atoms with Crippen LogP contribution in [0.4, 0.5) is 0 Å². The second-order valence-corrected chi connectivity index (χ2v) is 6.54. The Kier molecular flexibility index (Phi) is 6.46. The molecular weight excluding hydrogens is 334 g/mol. The fourth-order valence-corrected chi connectivity index (χ4v) is 3.55. The Morgan fingerprint density at radius 1 is 1.15 bits per heavy atom. The molecule has 3 rings (SSSR count). The van der Waals surface area contributed by atoms with Gasteiger partial charge in [0, 0.05) is 51.1 Å². The van der Waals surface area contributed by atoms with Crippen molar-refractivity contribution in [2.75, 3.05) is 53.0 Å². The molecule has 26 heavy (non-hydrogen) atoms. The van der Waals surface area contributed by atoms with Crippen LogP contribution in [0.2, 0.25) is 0 Å². The van der Waals surface area contributed by atoms with Gasteiger partial charge < -0.3 is 24.6 Å². The average molecular weight is 361 g/mol. The first-order chi connectivity index (χ1) is 12.7. The van der Waals surface area contributed by atoms with Crippen molar-refractivity contribution in [1.29, 1.82) is 0 Å². The molecule has 2 amide bonds. The average Bonchev–Trinajstić information content (AvgIpc) is 2.72.